The lowest BCUT2D eigenvalue weighted by molar-refractivity contribution is -0.153. The lowest BCUT2D eigenvalue weighted by Gasteiger charge is -2.41. The molecular formula is C25H33N3O4. The van der Waals surface area contributed by atoms with E-state index in [4.69, 9.17) is 0 Å². The number of allylic oxidation sites excluding steroid dienone is 1. The molecule has 0 bridgehead atoms. The van der Waals surface area contributed by atoms with Gasteiger partial charge in [0.1, 0.15) is 6.04 Å². The zero-order valence-electron chi connectivity index (χ0n) is 19.2. The Bertz CT molecular complexity index is 907. The first kappa shape index (κ1) is 23.7. The minimum absolute atomic E-state index is 0.0792. The van der Waals surface area contributed by atoms with Crippen LogP contribution in [0, 0.1) is 11.8 Å². The van der Waals surface area contributed by atoms with Crippen LogP contribution in [-0.2, 0) is 20.8 Å². The summed E-state index contributed by atoms with van der Waals surface area (Å²) in [5.74, 6) is -1.87. The van der Waals surface area contributed by atoms with Crippen LogP contribution in [0.2, 0.25) is 0 Å². The highest BCUT2D eigenvalue weighted by atomic mass is 16.4. The number of rotatable bonds is 9. The Kier molecular flexibility index (Phi) is 7.83. The summed E-state index contributed by atoms with van der Waals surface area (Å²) < 4.78 is 0. The number of carbonyl (C=O) groups excluding carboxylic acids is 2. The van der Waals surface area contributed by atoms with E-state index in [9.17, 15) is 19.5 Å². The molecule has 7 nitrogen and oxygen atoms in total. The van der Waals surface area contributed by atoms with Crippen molar-refractivity contribution in [1.82, 2.24) is 9.80 Å². The minimum Gasteiger partial charge on any atom is -0.481 e. The van der Waals surface area contributed by atoms with Crippen molar-refractivity contribution in [3.63, 3.8) is 0 Å². The molecule has 7 heteroatoms. The number of hydrogen-bond donors (Lipinski definition) is 1. The summed E-state index contributed by atoms with van der Waals surface area (Å²) in [4.78, 5) is 46.1. The topological polar surface area (TPSA) is 90.3 Å². The van der Waals surface area contributed by atoms with Crippen molar-refractivity contribution < 1.29 is 19.5 Å². The number of carboxylic acid groups (broad SMARTS) is 1. The summed E-state index contributed by atoms with van der Waals surface area (Å²) in [5, 5.41) is 9.59. The van der Waals surface area contributed by atoms with Gasteiger partial charge in [-0.05, 0) is 30.4 Å². The Morgan fingerprint density at radius 1 is 1.19 bits per heavy atom. The number of aliphatic imine (C=N–C) groups is 1. The zero-order valence-corrected chi connectivity index (χ0v) is 19.2. The number of hydrogen-bond acceptors (Lipinski definition) is 4. The van der Waals surface area contributed by atoms with Gasteiger partial charge in [-0.2, -0.15) is 0 Å². The van der Waals surface area contributed by atoms with Crippen molar-refractivity contribution >= 4 is 24.0 Å². The Morgan fingerprint density at radius 2 is 1.91 bits per heavy atom. The molecule has 0 saturated carbocycles. The fourth-order valence-electron chi connectivity index (χ4n) is 4.44. The smallest absolute Gasteiger partial charge is 0.307 e. The summed E-state index contributed by atoms with van der Waals surface area (Å²) in [7, 11) is 0. The second-order valence-electron chi connectivity index (χ2n) is 9.13. The molecule has 2 atom stereocenters. The molecule has 1 N–H and O–H groups in total. The number of piperazine rings is 1. The maximum absolute atomic E-state index is 13.5. The molecule has 1 aromatic rings. The van der Waals surface area contributed by atoms with Crippen molar-refractivity contribution in [2.24, 2.45) is 16.8 Å². The number of aliphatic carboxylic acids is 1. The van der Waals surface area contributed by atoms with Crippen LogP contribution < -0.4 is 0 Å². The highest BCUT2D eigenvalue weighted by molar-refractivity contribution is 5.90. The van der Waals surface area contributed by atoms with Crippen molar-refractivity contribution in [1.29, 1.82) is 0 Å². The van der Waals surface area contributed by atoms with Crippen LogP contribution in [0.5, 0.6) is 0 Å². The maximum atomic E-state index is 13.5. The summed E-state index contributed by atoms with van der Waals surface area (Å²) in [6.07, 6.45) is 3.38. The highest BCUT2D eigenvalue weighted by Crippen LogP contribution is 2.24. The number of carboxylic acids is 1. The number of amides is 2. The zero-order chi connectivity index (χ0) is 23.3. The molecule has 2 aliphatic rings. The van der Waals surface area contributed by atoms with Crippen molar-refractivity contribution in [2.75, 3.05) is 19.6 Å². The molecule has 1 fully saturated rings. The van der Waals surface area contributed by atoms with Crippen LogP contribution in [0.3, 0.4) is 0 Å². The predicted molar refractivity (Wildman–Crippen MR) is 123 cm³/mol. The van der Waals surface area contributed by atoms with E-state index < -0.39 is 17.9 Å². The summed E-state index contributed by atoms with van der Waals surface area (Å²) in [6, 6.07) is 9.02. The normalized spacial score (nSPS) is 19.8. The molecule has 3 rings (SSSR count). The SMILES string of the molecule is CC1=C(CN2CCN(C(=O)CC(CC(C)C)C(=O)O)C(Cc3ccccc3)C2=O)CC=N1. The molecule has 2 heterocycles. The molecule has 1 aromatic carbocycles. The van der Waals surface area contributed by atoms with Gasteiger partial charge < -0.3 is 14.9 Å². The van der Waals surface area contributed by atoms with Gasteiger partial charge in [0, 0.05) is 50.8 Å². The van der Waals surface area contributed by atoms with E-state index >= 15 is 0 Å². The molecule has 172 valence electrons. The Labute approximate surface area is 189 Å². The first-order valence-corrected chi connectivity index (χ1v) is 11.3. The maximum Gasteiger partial charge on any atom is 0.307 e. The van der Waals surface area contributed by atoms with Gasteiger partial charge >= 0.3 is 5.97 Å². The average molecular weight is 440 g/mol. The van der Waals surface area contributed by atoms with Gasteiger partial charge in [-0.15, -0.1) is 0 Å². The number of nitrogens with zero attached hydrogens (tertiary/aromatic N) is 3. The van der Waals surface area contributed by atoms with E-state index in [1.54, 1.807) is 4.90 Å². The third kappa shape index (κ3) is 5.84. The van der Waals surface area contributed by atoms with Gasteiger partial charge in [-0.1, -0.05) is 44.2 Å². The molecule has 2 aliphatic heterocycles. The van der Waals surface area contributed by atoms with Gasteiger partial charge in [-0.3, -0.25) is 19.4 Å². The molecule has 2 amide bonds. The van der Waals surface area contributed by atoms with Crippen molar-refractivity contribution in [3.05, 3.63) is 47.2 Å². The van der Waals surface area contributed by atoms with Gasteiger partial charge in [0.15, 0.2) is 0 Å². The first-order chi connectivity index (χ1) is 15.3. The third-order valence-electron chi connectivity index (χ3n) is 6.22. The van der Waals surface area contributed by atoms with Crippen LogP contribution in [0.1, 0.15) is 45.6 Å². The highest BCUT2D eigenvalue weighted by Gasteiger charge is 2.39. The Morgan fingerprint density at radius 3 is 2.50 bits per heavy atom. The third-order valence-corrected chi connectivity index (χ3v) is 6.22. The van der Waals surface area contributed by atoms with Gasteiger partial charge in [0.25, 0.3) is 0 Å². The van der Waals surface area contributed by atoms with Crippen LogP contribution in [0.15, 0.2) is 46.6 Å². The molecule has 0 radical (unpaired) electrons. The van der Waals surface area contributed by atoms with Gasteiger partial charge in [0.2, 0.25) is 11.8 Å². The molecule has 0 aliphatic carbocycles. The molecule has 0 aromatic heterocycles. The Hall–Kier alpha value is -2.96. The van der Waals surface area contributed by atoms with Crippen LogP contribution >= 0.6 is 0 Å². The Balaban J connectivity index is 1.79. The molecule has 1 saturated heterocycles. The summed E-state index contributed by atoms with van der Waals surface area (Å²) in [5.41, 5.74) is 3.05. The fourth-order valence-corrected chi connectivity index (χ4v) is 4.44. The monoisotopic (exact) mass is 439 g/mol. The second kappa shape index (κ2) is 10.6. The second-order valence-corrected chi connectivity index (χ2v) is 9.13. The van der Waals surface area contributed by atoms with Gasteiger partial charge in [-0.25, -0.2) is 0 Å². The molecule has 2 unspecified atom stereocenters. The lowest BCUT2D eigenvalue weighted by atomic mass is 9.92. The number of carbonyl (C=O) groups is 3. The lowest BCUT2D eigenvalue weighted by Crippen LogP contribution is -2.60. The van der Waals surface area contributed by atoms with E-state index in [2.05, 4.69) is 4.99 Å². The van der Waals surface area contributed by atoms with E-state index in [1.807, 2.05) is 62.2 Å². The van der Waals surface area contributed by atoms with Crippen molar-refractivity contribution in [2.45, 2.75) is 52.5 Å². The fraction of sp³-hybridized carbons (Fsp3) is 0.520. The molecule has 32 heavy (non-hydrogen) atoms. The summed E-state index contributed by atoms with van der Waals surface area (Å²) in [6.45, 7) is 7.21. The van der Waals surface area contributed by atoms with Crippen molar-refractivity contribution in [3.8, 4) is 0 Å². The average Bonchev–Trinajstić information content (AvgIpc) is 3.15. The van der Waals surface area contributed by atoms with Crippen LogP contribution in [-0.4, -0.2) is 64.6 Å². The van der Waals surface area contributed by atoms with Gasteiger partial charge in [0.05, 0.1) is 5.92 Å². The first-order valence-electron chi connectivity index (χ1n) is 11.3. The minimum atomic E-state index is -0.958. The molecular weight excluding hydrogens is 406 g/mol. The number of benzene rings is 1. The van der Waals surface area contributed by atoms with E-state index in [-0.39, 0.29) is 24.2 Å². The van der Waals surface area contributed by atoms with E-state index in [0.29, 0.717) is 32.5 Å². The molecule has 0 spiro atoms. The standard InChI is InChI=1S/C25H33N3O4/c1-17(2)13-21(25(31)32)15-23(29)28-12-11-27(16-20-9-10-26-18(20)3)24(30)22(28)14-19-7-5-4-6-8-19/h4-8,10,17,21-22H,9,11-16H2,1-3H3,(H,31,32). The summed E-state index contributed by atoms with van der Waals surface area (Å²) >= 11 is 0. The van der Waals surface area contributed by atoms with Crippen LogP contribution in [0.4, 0.5) is 0 Å². The van der Waals surface area contributed by atoms with E-state index in [0.717, 1.165) is 23.3 Å². The van der Waals surface area contributed by atoms with E-state index in [1.165, 1.54) is 0 Å². The predicted octanol–water partition coefficient (Wildman–Crippen LogP) is 3.15. The van der Waals surface area contributed by atoms with Crippen LogP contribution in [0.25, 0.3) is 0 Å². The largest absolute Gasteiger partial charge is 0.481 e. The quantitative estimate of drug-likeness (QED) is 0.640.